The minimum Gasteiger partial charge on any atom is -0.481 e. The quantitative estimate of drug-likeness (QED) is 0.791. The maximum atomic E-state index is 9.37. The van der Waals surface area contributed by atoms with Gasteiger partial charge in [-0.3, -0.25) is 9.59 Å². The van der Waals surface area contributed by atoms with Gasteiger partial charge in [-0.2, -0.15) is 0 Å². The fourth-order valence-corrected chi connectivity index (χ4v) is 0.227. The van der Waals surface area contributed by atoms with Crippen molar-refractivity contribution in [3.05, 3.63) is 24.7 Å². The molecule has 0 saturated carbocycles. The van der Waals surface area contributed by atoms with E-state index in [9.17, 15) is 9.59 Å². The smallest absolute Gasteiger partial charge is 0.303 e. The summed E-state index contributed by atoms with van der Waals surface area (Å²) >= 11 is 0. The molecule has 1 aromatic heterocycles. The van der Waals surface area contributed by atoms with E-state index < -0.39 is 11.9 Å². The molecule has 2 N–H and O–H groups in total. The van der Waals surface area contributed by atoms with Crippen molar-refractivity contribution in [1.29, 1.82) is 0 Å². The van der Waals surface area contributed by atoms with E-state index in [0.717, 1.165) is 0 Å². The normalized spacial score (nSPS) is 7.60. The first-order chi connectivity index (χ1) is 7.04. The zero-order valence-corrected chi connectivity index (χ0v) is 8.84. The van der Waals surface area contributed by atoms with Crippen LogP contribution in [0, 0.1) is 0 Å². The van der Waals surface area contributed by atoms with Crippen LogP contribution in [0.4, 0.5) is 0 Å². The molecule has 0 aromatic carbocycles. The third kappa shape index (κ3) is 24.5. The van der Waals surface area contributed by atoms with E-state index in [1.807, 2.05) is 12.1 Å². The van der Waals surface area contributed by atoms with Gasteiger partial charge in [0.1, 0.15) is 0 Å². The molecule has 15 heavy (non-hydrogen) atoms. The summed E-state index contributed by atoms with van der Waals surface area (Å²) in [4.78, 5) is 18.7. The fraction of sp³-hybridized carbons (Fsp3) is 0.400. The molecule has 0 fully saturated rings. The number of carboxylic acids is 2. The summed E-state index contributed by atoms with van der Waals surface area (Å²) in [5.74, 6) is -1.49. The molecular weight excluding hydrogens is 200 g/mol. The molecule has 0 unspecified atom stereocenters. The van der Waals surface area contributed by atoms with Crippen LogP contribution in [0.1, 0.15) is 26.7 Å². The lowest BCUT2D eigenvalue weighted by Crippen LogP contribution is -1.86. The van der Waals surface area contributed by atoms with Crippen LogP contribution >= 0.6 is 0 Å². The SMILES string of the molecule is CCC(=O)O.CCC(=O)O.c1ccoc1. The summed E-state index contributed by atoms with van der Waals surface area (Å²) in [6, 6.07) is 3.67. The molecule has 1 aromatic rings. The van der Waals surface area contributed by atoms with E-state index in [1.165, 1.54) is 0 Å². The Labute approximate surface area is 88.3 Å². The van der Waals surface area contributed by atoms with Gasteiger partial charge < -0.3 is 14.6 Å². The van der Waals surface area contributed by atoms with E-state index >= 15 is 0 Å². The second-order valence-corrected chi connectivity index (χ2v) is 2.29. The van der Waals surface area contributed by atoms with Gasteiger partial charge in [0.05, 0.1) is 12.5 Å². The standard InChI is InChI=1S/C4H4O.2C3H6O2/c1-2-4-5-3-1;2*1-2-3(4)5/h1-4H;2*2H2,1H3,(H,4,5). The van der Waals surface area contributed by atoms with Gasteiger partial charge in [0.15, 0.2) is 0 Å². The van der Waals surface area contributed by atoms with Crippen molar-refractivity contribution in [1.82, 2.24) is 0 Å². The first kappa shape index (κ1) is 15.7. The third-order valence-corrected chi connectivity index (χ3v) is 1.03. The molecule has 0 aliphatic heterocycles. The van der Waals surface area contributed by atoms with Gasteiger partial charge in [0.25, 0.3) is 0 Å². The summed E-state index contributed by atoms with van der Waals surface area (Å²) < 4.78 is 4.58. The summed E-state index contributed by atoms with van der Waals surface area (Å²) in [6.45, 7) is 3.20. The molecule has 0 aliphatic rings. The summed E-state index contributed by atoms with van der Waals surface area (Å²) in [5.41, 5.74) is 0. The van der Waals surface area contributed by atoms with E-state index in [2.05, 4.69) is 4.42 Å². The Hall–Kier alpha value is -1.78. The van der Waals surface area contributed by atoms with Gasteiger partial charge in [0, 0.05) is 12.8 Å². The van der Waals surface area contributed by atoms with Gasteiger partial charge in [0.2, 0.25) is 0 Å². The van der Waals surface area contributed by atoms with Crippen molar-refractivity contribution in [2.75, 3.05) is 0 Å². The Morgan fingerprint density at radius 1 is 1.00 bits per heavy atom. The van der Waals surface area contributed by atoms with Crippen LogP contribution in [0.3, 0.4) is 0 Å². The Kier molecular flexibility index (Phi) is 12.8. The molecule has 1 rings (SSSR count). The second-order valence-electron chi connectivity index (χ2n) is 2.29. The molecule has 0 radical (unpaired) electrons. The van der Waals surface area contributed by atoms with Crippen LogP contribution in [0.5, 0.6) is 0 Å². The number of carboxylic acid groups (broad SMARTS) is 2. The first-order valence-corrected chi connectivity index (χ1v) is 4.45. The number of rotatable bonds is 2. The Morgan fingerprint density at radius 2 is 1.27 bits per heavy atom. The van der Waals surface area contributed by atoms with Crippen LogP contribution in [0.15, 0.2) is 29.1 Å². The Bertz CT molecular complexity index is 209. The number of hydrogen-bond donors (Lipinski definition) is 2. The number of aliphatic carboxylic acids is 2. The molecule has 0 atom stereocenters. The Morgan fingerprint density at radius 3 is 1.33 bits per heavy atom. The molecule has 86 valence electrons. The monoisotopic (exact) mass is 216 g/mol. The van der Waals surface area contributed by atoms with Gasteiger partial charge in [-0.15, -0.1) is 0 Å². The molecule has 1 heterocycles. The summed E-state index contributed by atoms with van der Waals surface area (Å²) in [7, 11) is 0. The molecule has 0 saturated heterocycles. The molecule has 0 aliphatic carbocycles. The minimum atomic E-state index is -0.745. The highest BCUT2D eigenvalue weighted by Gasteiger charge is 1.81. The van der Waals surface area contributed by atoms with E-state index in [4.69, 9.17) is 10.2 Å². The van der Waals surface area contributed by atoms with Gasteiger partial charge in [-0.05, 0) is 12.1 Å². The molecule has 0 bridgehead atoms. The van der Waals surface area contributed by atoms with Crippen molar-refractivity contribution >= 4 is 11.9 Å². The highest BCUT2D eigenvalue weighted by atomic mass is 16.4. The average Bonchev–Trinajstić information content (AvgIpc) is 2.76. The third-order valence-electron chi connectivity index (χ3n) is 1.03. The second kappa shape index (κ2) is 12.2. The summed E-state index contributed by atoms with van der Waals surface area (Å²) in [5, 5.41) is 15.4. The van der Waals surface area contributed by atoms with Crippen LogP contribution < -0.4 is 0 Å². The molecule has 5 nitrogen and oxygen atoms in total. The van der Waals surface area contributed by atoms with E-state index in [0.29, 0.717) is 0 Å². The zero-order valence-electron chi connectivity index (χ0n) is 8.84. The minimum absolute atomic E-state index is 0.222. The van der Waals surface area contributed by atoms with Crippen molar-refractivity contribution in [2.24, 2.45) is 0 Å². The van der Waals surface area contributed by atoms with Crippen molar-refractivity contribution in [3.8, 4) is 0 Å². The van der Waals surface area contributed by atoms with Crippen LogP contribution in [-0.2, 0) is 9.59 Å². The first-order valence-electron chi connectivity index (χ1n) is 4.45. The highest BCUT2D eigenvalue weighted by molar-refractivity contribution is 5.66. The molecule has 0 spiro atoms. The fourth-order valence-electron chi connectivity index (χ4n) is 0.227. The van der Waals surface area contributed by atoms with Gasteiger partial charge in [-0.1, -0.05) is 13.8 Å². The maximum Gasteiger partial charge on any atom is 0.303 e. The van der Waals surface area contributed by atoms with E-state index in [1.54, 1.807) is 26.4 Å². The predicted molar refractivity (Wildman–Crippen MR) is 54.6 cm³/mol. The molecule has 5 heteroatoms. The van der Waals surface area contributed by atoms with Crippen LogP contribution in [0.25, 0.3) is 0 Å². The predicted octanol–water partition coefficient (Wildman–Crippen LogP) is 2.24. The largest absolute Gasteiger partial charge is 0.481 e. The Balaban J connectivity index is 0. The van der Waals surface area contributed by atoms with Crippen molar-refractivity contribution < 1.29 is 24.2 Å². The number of carbonyl (C=O) groups is 2. The molecular formula is C10H16O5. The lowest BCUT2D eigenvalue weighted by molar-refractivity contribution is -0.137. The van der Waals surface area contributed by atoms with Crippen LogP contribution in [0.2, 0.25) is 0 Å². The maximum absolute atomic E-state index is 9.37. The van der Waals surface area contributed by atoms with Gasteiger partial charge in [-0.25, -0.2) is 0 Å². The van der Waals surface area contributed by atoms with E-state index in [-0.39, 0.29) is 12.8 Å². The zero-order chi connectivity index (χ0) is 12.1. The van der Waals surface area contributed by atoms with Gasteiger partial charge >= 0.3 is 11.9 Å². The number of hydrogen-bond acceptors (Lipinski definition) is 3. The summed E-state index contributed by atoms with van der Waals surface area (Å²) in [6.07, 6.45) is 3.69. The number of furan rings is 1. The topological polar surface area (TPSA) is 87.7 Å². The lowest BCUT2D eigenvalue weighted by Gasteiger charge is -1.71. The highest BCUT2D eigenvalue weighted by Crippen LogP contribution is 1.79. The average molecular weight is 216 g/mol. The van der Waals surface area contributed by atoms with Crippen molar-refractivity contribution in [3.63, 3.8) is 0 Å². The lowest BCUT2D eigenvalue weighted by atomic mass is 10.5. The molecule has 0 amide bonds. The van der Waals surface area contributed by atoms with Crippen LogP contribution in [-0.4, -0.2) is 22.2 Å². The van der Waals surface area contributed by atoms with Crippen molar-refractivity contribution in [2.45, 2.75) is 26.7 Å².